The van der Waals surface area contributed by atoms with Crippen LogP contribution in [0.5, 0.6) is 0 Å². The highest BCUT2D eigenvalue weighted by atomic mass is 16.4. The monoisotopic (exact) mass is 288 g/mol. The summed E-state index contributed by atoms with van der Waals surface area (Å²) in [5, 5.41) is 26.8. The van der Waals surface area contributed by atoms with E-state index in [0.717, 1.165) is 26.1 Å². The van der Waals surface area contributed by atoms with Crippen molar-refractivity contribution in [2.24, 2.45) is 5.73 Å². The molecule has 0 saturated heterocycles. The Morgan fingerprint density at radius 1 is 1.15 bits per heavy atom. The molecule has 0 aromatic heterocycles. The van der Waals surface area contributed by atoms with E-state index in [2.05, 4.69) is 18.7 Å². The van der Waals surface area contributed by atoms with Crippen LogP contribution in [0, 0.1) is 0 Å². The van der Waals surface area contributed by atoms with Crippen LogP contribution >= 0.6 is 0 Å². The van der Waals surface area contributed by atoms with E-state index in [4.69, 9.17) is 15.8 Å². The fraction of sp³-hybridized carbons (Fsp3) is 0.923. The first-order chi connectivity index (χ1) is 9.35. The summed E-state index contributed by atoms with van der Waals surface area (Å²) in [6, 6.07) is 0. The van der Waals surface area contributed by atoms with Crippen LogP contribution in [0.3, 0.4) is 0 Å². The summed E-state index contributed by atoms with van der Waals surface area (Å²) in [6.07, 6.45) is 2.99. The number of carboxylic acid groups (broad SMARTS) is 1. The molecule has 0 bridgehead atoms. The smallest absolute Gasteiger partial charge is 0.451 e. The van der Waals surface area contributed by atoms with Gasteiger partial charge in [0.25, 0.3) is 0 Å². The van der Waals surface area contributed by atoms with Crippen molar-refractivity contribution in [2.75, 3.05) is 19.6 Å². The molecule has 0 aromatic carbocycles. The van der Waals surface area contributed by atoms with Gasteiger partial charge in [0.2, 0.25) is 0 Å². The Morgan fingerprint density at radius 2 is 1.70 bits per heavy atom. The van der Waals surface area contributed by atoms with Gasteiger partial charge in [-0.15, -0.1) is 0 Å². The predicted molar refractivity (Wildman–Crippen MR) is 80.4 cm³/mol. The van der Waals surface area contributed by atoms with Gasteiger partial charge in [-0.25, -0.2) is 0 Å². The summed E-state index contributed by atoms with van der Waals surface area (Å²) in [7, 11) is -1.32. The molecule has 0 aliphatic rings. The molecule has 1 unspecified atom stereocenters. The lowest BCUT2D eigenvalue weighted by atomic mass is 9.81. The maximum atomic E-state index is 11.3. The molecule has 0 amide bonds. The van der Waals surface area contributed by atoms with Gasteiger partial charge >= 0.3 is 13.1 Å². The zero-order valence-corrected chi connectivity index (χ0v) is 12.7. The maximum absolute atomic E-state index is 11.3. The van der Waals surface area contributed by atoms with Gasteiger partial charge in [0.15, 0.2) is 0 Å². The van der Waals surface area contributed by atoms with E-state index in [1.165, 1.54) is 0 Å². The molecule has 20 heavy (non-hydrogen) atoms. The van der Waals surface area contributed by atoms with Crippen molar-refractivity contribution in [3.63, 3.8) is 0 Å². The lowest BCUT2D eigenvalue weighted by molar-refractivity contribution is -0.144. The minimum absolute atomic E-state index is 0.259. The zero-order valence-electron chi connectivity index (χ0n) is 12.7. The van der Waals surface area contributed by atoms with E-state index in [9.17, 15) is 9.90 Å². The van der Waals surface area contributed by atoms with E-state index in [0.29, 0.717) is 25.7 Å². The average Bonchev–Trinajstić information content (AvgIpc) is 2.39. The SMILES string of the molecule is CCN(CC)CCCC(N)(CCCCB(O)O)C(=O)O. The van der Waals surface area contributed by atoms with E-state index in [-0.39, 0.29) is 6.32 Å². The van der Waals surface area contributed by atoms with Crippen LogP contribution in [0.1, 0.15) is 46.0 Å². The number of carboxylic acids is 1. The maximum Gasteiger partial charge on any atom is 0.451 e. The third kappa shape index (κ3) is 7.84. The van der Waals surface area contributed by atoms with Crippen LogP contribution in [0.2, 0.25) is 6.32 Å². The van der Waals surface area contributed by atoms with E-state index < -0.39 is 18.6 Å². The molecule has 0 radical (unpaired) electrons. The Labute approximate surface area is 122 Å². The fourth-order valence-corrected chi connectivity index (χ4v) is 2.26. The molecular formula is C13H29BN2O4. The highest BCUT2D eigenvalue weighted by Crippen LogP contribution is 2.19. The number of hydrogen-bond acceptors (Lipinski definition) is 5. The molecule has 0 aliphatic carbocycles. The minimum Gasteiger partial charge on any atom is -0.480 e. The molecule has 1 atom stereocenters. The third-order valence-electron chi connectivity index (χ3n) is 3.75. The van der Waals surface area contributed by atoms with Crippen molar-refractivity contribution in [1.82, 2.24) is 4.90 Å². The Kier molecular flexibility index (Phi) is 9.84. The number of aliphatic carboxylic acids is 1. The molecule has 7 heteroatoms. The van der Waals surface area contributed by atoms with Gasteiger partial charge in [-0.1, -0.05) is 26.7 Å². The van der Waals surface area contributed by atoms with Crippen LogP contribution in [-0.2, 0) is 4.79 Å². The largest absolute Gasteiger partial charge is 0.480 e. The fourth-order valence-electron chi connectivity index (χ4n) is 2.26. The Hall–Kier alpha value is -0.625. The van der Waals surface area contributed by atoms with Crippen molar-refractivity contribution in [3.8, 4) is 0 Å². The number of carbonyl (C=O) groups is 1. The van der Waals surface area contributed by atoms with Crippen molar-refractivity contribution in [1.29, 1.82) is 0 Å². The van der Waals surface area contributed by atoms with Crippen molar-refractivity contribution in [3.05, 3.63) is 0 Å². The standard InChI is InChI=1S/C13H29BN2O4/c1-3-16(4-2)11-7-9-13(15,12(17)18)8-5-6-10-14(19)20/h19-20H,3-11,15H2,1-2H3,(H,17,18). The first-order valence-corrected chi connectivity index (χ1v) is 7.46. The van der Waals surface area contributed by atoms with E-state index in [1.54, 1.807) is 0 Å². The van der Waals surface area contributed by atoms with Gasteiger partial charge in [-0.05, 0) is 45.2 Å². The molecule has 0 fully saturated rings. The molecule has 0 heterocycles. The van der Waals surface area contributed by atoms with Crippen LogP contribution in [0.4, 0.5) is 0 Å². The number of nitrogens with two attached hydrogens (primary N) is 1. The average molecular weight is 288 g/mol. The summed E-state index contributed by atoms with van der Waals surface area (Å²) in [6.45, 7) is 6.92. The summed E-state index contributed by atoms with van der Waals surface area (Å²) in [4.78, 5) is 13.6. The van der Waals surface area contributed by atoms with E-state index >= 15 is 0 Å². The van der Waals surface area contributed by atoms with Gasteiger partial charge in [-0.3, -0.25) is 4.79 Å². The molecular weight excluding hydrogens is 259 g/mol. The van der Waals surface area contributed by atoms with Crippen LogP contribution in [0.15, 0.2) is 0 Å². The van der Waals surface area contributed by atoms with Crippen LogP contribution < -0.4 is 5.73 Å². The molecule has 0 aliphatic heterocycles. The van der Waals surface area contributed by atoms with Crippen molar-refractivity contribution >= 4 is 13.1 Å². The predicted octanol–water partition coefficient (Wildman–Crippen LogP) is 0.534. The minimum atomic E-state index is -1.32. The highest BCUT2D eigenvalue weighted by molar-refractivity contribution is 6.40. The molecule has 118 valence electrons. The third-order valence-corrected chi connectivity index (χ3v) is 3.75. The second-order valence-electron chi connectivity index (χ2n) is 5.32. The number of rotatable bonds is 12. The molecule has 0 aromatic rings. The molecule has 0 rings (SSSR count). The van der Waals surface area contributed by atoms with Gasteiger partial charge < -0.3 is 25.8 Å². The summed E-state index contributed by atoms with van der Waals surface area (Å²) in [5.74, 6) is -0.971. The summed E-state index contributed by atoms with van der Waals surface area (Å²) < 4.78 is 0. The highest BCUT2D eigenvalue weighted by Gasteiger charge is 2.32. The van der Waals surface area contributed by atoms with Gasteiger partial charge in [0.1, 0.15) is 5.54 Å². The number of nitrogens with zero attached hydrogens (tertiary/aromatic N) is 1. The first kappa shape index (κ1) is 19.4. The second-order valence-corrected chi connectivity index (χ2v) is 5.32. The van der Waals surface area contributed by atoms with Crippen LogP contribution in [0.25, 0.3) is 0 Å². The zero-order chi connectivity index (χ0) is 15.6. The number of hydrogen-bond donors (Lipinski definition) is 4. The summed E-state index contributed by atoms with van der Waals surface area (Å²) in [5.41, 5.74) is 4.78. The molecule has 0 spiro atoms. The Morgan fingerprint density at radius 3 is 2.15 bits per heavy atom. The number of unbranched alkanes of at least 4 members (excludes halogenated alkanes) is 1. The normalized spacial score (nSPS) is 14.3. The molecule has 5 N–H and O–H groups in total. The topological polar surface area (TPSA) is 107 Å². The van der Waals surface area contributed by atoms with E-state index in [1.807, 2.05) is 0 Å². The van der Waals surface area contributed by atoms with Gasteiger partial charge in [0, 0.05) is 0 Å². The Balaban J connectivity index is 4.14. The lowest BCUT2D eigenvalue weighted by Crippen LogP contribution is -2.48. The molecule has 0 saturated carbocycles. The van der Waals surface area contributed by atoms with Crippen molar-refractivity contribution in [2.45, 2.75) is 57.8 Å². The van der Waals surface area contributed by atoms with Gasteiger partial charge in [0.05, 0.1) is 0 Å². The molecule has 6 nitrogen and oxygen atoms in total. The second kappa shape index (κ2) is 10.2. The first-order valence-electron chi connectivity index (χ1n) is 7.46. The van der Waals surface area contributed by atoms with Crippen LogP contribution in [-0.4, -0.2) is 58.3 Å². The Bertz CT molecular complexity index is 275. The summed E-state index contributed by atoms with van der Waals surface area (Å²) >= 11 is 0. The lowest BCUT2D eigenvalue weighted by Gasteiger charge is -2.26. The quantitative estimate of drug-likeness (QED) is 0.308. The van der Waals surface area contributed by atoms with Crippen molar-refractivity contribution < 1.29 is 19.9 Å². The van der Waals surface area contributed by atoms with Gasteiger partial charge in [-0.2, -0.15) is 0 Å².